The number of nitrogens with one attached hydrogen (secondary N) is 2. The second-order valence-electron chi connectivity index (χ2n) is 10.0. The molecule has 41 heavy (non-hydrogen) atoms. The number of rotatable bonds is 6. The van der Waals surface area contributed by atoms with Crippen LogP contribution in [0.25, 0.3) is 22.4 Å². The minimum absolute atomic E-state index is 0.0511. The summed E-state index contributed by atoms with van der Waals surface area (Å²) in [6, 6.07) is 22.2. The molecule has 0 atom stereocenters. The minimum Gasteiger partial charge on any atom is -0.443 e. The number of aromatic nitrogens is 1. The molecule has 8 nitrogen and oxygen atoms in total. The molecule has 0 spiro atoms. The fourth-order valence-corrected chi connectivity index (χ4v) is 5.24. The van der Waals surface area contributed by atoms with Gasteiger partial charge in [0, 0.05) is 28.9 Å². The third-order valence-corrected chi connectivity index (χ3v) is 7.65. The fraction of sp³-hybridized carbons (Fsp3) is 0.167. The number of carbonyl (C=O) groups is 1. The topological polar surface area (TPSA) is 112 Å². The van der Waals surface area contributed by atoms with E-state index in [0.717, 1.165) is 5.56 Å². The summed E-state index contributed by atoms with van der Waals surface area (Å²) in [7, 11) is -4.47. The van der Waals surface area contributed by atoms with E-state index in [-0.39, 0.29) is 17.3 Å². The third-order valence-electron chi connectivity index (χ3n) is 5.72. The smallest absolute Gasteiger partial charge is 0.431 e. The first kappa shape index (κ1) is 29.7. The van der Waals surface area contributed by atoms with Crippen LogP contribution in [0, 0.1) is 11.2 Å². The number of benzene rings is 3. The quantitative estimate of drug-likeness (QED) is 0.186. The second kappa shape index (κ2) is 12.1. The molecule has 4 rings (SSSR count). The molecular weight excluding hydrogens is 567 g/mol. The molecule has 2 N–H and O–H groups in total. The molecule has 0 unspecified atom stereocenters. The molecule has 0 saturated carbocycles. The van der Waals surface area contributed by atoms with E-state index in [2.05, 4.69) is 10.3 Å². The van der Waals surface area contributed by atoms with Gasteiger partial charge in [0.05, 0.1) is 10.6 Å². The number of hydrogen-bond donors (Lipinski definition) is 2. The van der Waals surface area contributed by atoms with E-state index in [1.165, 1.54) is 36.4 Å². The zero-order valence-electron chi connectivity index (χ0n) is 22.6. The zero-order chi connectivity index (χ0) is 29.8. The predicted molar refractivity (Wildman–Crippen MR) is 156 cm³/mol. The maximum Gasteiger partial charge on any atom is 0.431 e. The molecule has 0 aliphatic rings. The number of nitrogens with zero attached hydrogens (tertiary/aromatic N) is 2. The van der Waals surface area contributed by atoms with Gasteiger partial charge in [0.2, 0.25) is 5.96 Å². The van der Waals surface area contributed by atoms with Crippen molar-refractivity contribution in [3.8, 4) is 22.4 Å². The average molecular weight is 595 g/mol. The number of guanidine groups is 1. The lowest BCUT2D eigenvalue weighted by Gasteiger charge is -2.27. The van der Waals surface area contributed by atoms with Crippen LogP contribution < -0.4 is 5.32 Å². The summed E-state index contributed by atoms with van der Waals surface area (Å²) < 4.78 is 46.1. The standard InChI is InChI=1S/C30H28ClFN4O4S/c1-30(2,3)40-29(37)36(41(38,39)25-7-5-4-6-8-25)28(33)35-19-20-17-26(21-11-15-24(32)16-12-21)27(34-18-20)22-9-13-23(31)14-10-22/h4-18H,19H2,1-3H3,(H2,33,35). The van der Waals surface area contributed by atoms with Crippen LogP contribution in [0.3, 0.4) is 0 Å². The molecule has 212 valence electrons. The Bertz CT molecular complexity index is 1660. The third kappa shape index (κ3) is 7.27. The van der Waals surface area contributed by atoms with Gasteiger partial charge in [-0.1, -0.05) is 54.1 Å². The van der Waals surface area contributed by atoms with Crippen LogP contribution in [0.5, 0.6) is 0 Å². The first-order valence-electron chi connectivity index (χ1n) is 12.5. The molecule has 0 saturated heterocycles. The first-order chi connectivity index (χ1) is 19.3. The lowest BCUT2D eigenvalue weighted by molar-refractivity contribution is 0.0460. The fourth-order valence-electron chi connectivity index (χ4n) is 3.86. The zero-order valence-corrected chi connectivity index (χ0v) is 24.1. The van der Waals surface area contributed by atoms with Crippen LogP contribution in [0.4, 0.5) is 9.18 Å². The molecule has 0 aliphatic carbocycles. The van der Waals surface area contributed by atoms with Crippen LogP contribution in [-0.2, 0) is 21.3 Å². The van der Waals surface area contributed by atoms with Gasteiger partial charge in [0.25, 0.3) is 10.0 Å². The van der Waals surface area contributed by atoms with E-state index in [1.54, 1.807) is 63.4 Å². The monoisotopic (exact) mass is 594 g/mol. The Morgan fingerprint density at radius 2 is 1.61 bits per heavy atom. The number of sulfonamides is 1. The molecule has 1 aromatic heterocycles. The van der Waals surface area contributed by atoms with Crippen molar-refractivity contribution in [1.29, 1.82) is 5.41 Å². The van der Waals surface area contributed by atoms with Gasteiger partial charge in [-0.15, -0.1) is 4.31 Å². The van der Waals surface area contributed by atoms with Gasteiger partial charge >= 0.3 is 6.09 Å². The Hall–Kier alpha value is -4.28. The summed E-state index contributed by atoms with van der Waals surface area (Å²) in [4.78, 5) is 17.4. The molecule has 1 heterocycles. The van der Waals surface area contributed by atoms with Gasteiger partial charge in [0.15, 0.2) is 0 Å². The van der Waals surface area contributed by atoms with E-state index < -0.39 is 27.7 Å². The number of ether oxygens (including phenoxy) is 1. The number of amides is 1. The Kier molecular flexibility index (Phi) is 8.74. The predicted octanol–water partition coefficient (Wildman–Crippen LogP) is 6.86. The van der Waals surface area contributed by atoms with Crippen molar-refractivity contribution in [3.05, 3.63) is 108 Å². The largest absolute Gasteiger partial charge is 0.443 e. The van der Waals surface area contributed by atoms with Gasteiger partial charge in [-0.3, -0.25) is 10.4 Å². The van der Waals surface area contributed by atoms with E-state index in [0.29, 0.717) is 31.7 Å². The van der Waals surface area contributed by atoms with Gasteiger partial charge < -0.3 is 10.1 Å². The normalized spacial score (nSPS) is 11.5. The summed E-state index contributed by atoms with van der Waals surface area (Å²) in [5, 5.41) is 11.8. The Balaban J connectivity index is 1.66. The van der Waals surface area contributed by atoms with Crippen LogP contribution in [0.1, 0.15) is 26.3 Å². The van der Waals surface area contributed by atoms with Crippen LogP contribution in [-0.4, -0.2) is 35.4 Å². The summed E-state index contributed by atoms with van der Waals surface area (Å²) in [6.45, 7) is 4.74. The highest BCUT2D eigenvalue weighted by Crippen LogP contribution is 2.32. The molecule has 0 radical (unpaired) electrons. The first-order valence-corrected chi connectivity index (χ1v) is 14.3. The van der Waals surface area contributed by atoms with E-state index in [9.17, 15) is 17.6 Å². The van der Waals surface area contributed by atoms with Crippen molar-refractivity contribution >= 4 is 33.7 Å². The van der Waals surface area contributed by atoms with E-state index >= 15 is 0 Å². The maximum atomic E-state index is 13.7. The van der Waals surface area contributed by atoms with Crippen LogP contribution >= 0.6 is 11.6 Å². The van der Waals surface area contributed by atoms with Crippen molar-refractivity contribution < 1.29 is 22.3 Å². The molecule has 0 bridgehead atoms. The van der Waals surface area contributed by atoms with Gasteiger partial charge in [0.1, 0.15) is 11.4 Å². The molecule has 1 amide bonds. The van der Waals surface area contributed by atoms with Crippen molar-refractivity contribution in [2.24, 2.45) is 0 Å². The highest BCUT2D eigenvalue weighted by molar-refractivity contribution is 7.90. The molecule has 11 heteroatoms. The maximum absolute atomic E-state index is 13.7. The Labute approximate surface area is 243 Å². The summed E-state index contributed by atoms with van der Waals surface area (Å²) in [6.07, 6.45) is 0.350. The number of pyridine rings is 1. The lowest BCUT2D eigenvalue weighted by Crippen LogP contribution is -2.49. The van der Waals surface area contributed by atoms with Crippen molar-refractivity contribution in [3.63, 3.8) is 0 Å². The molecular formula is C30H28ClFN4O4S. The van der Waals surface area contributed by atoms with E-state index in [4.69, 9.17) is 21.7 Å². The summed E-state index contributed by atoms with van der Waals surface area (Å²) >= 11 is 6.05. The van der Waals surface area contributed by atoms with Crippen LogP contribution in [0.2, 0.25) is 5.02 Å². The van der Waals surface area contributed by atoms with Crippen molar-refractivity contribution in [2.45, 2.75) is 37.8 Å². The van der Waals surface area contributed by atoms with Crippen LogP contribution in [0.15, 0.2) is 96.0 Å². The number of halogens is 2. The van der Waals surface area contributed by atoms with Gasteiger partial charge in [-0.2, -0.15) is 0 Å². The highest BCUT2D eigenvalue weighted by atomic mass is 35.5. The van der Waals surface area contributed by atoms with Crippen molar-refractivity contribution in [2.75, 3.05) is 0 Å². The minimum atomic E-state index is -4.47. The molecule has 3 aromatic carbocycles. The lowest BCUT2D eigenvalue weighted by atomic mass is 9.98. The number of carbonyl (C=O) groups excluding carboxylic acids is 1. The average Bonchev–Trinajstić information content (AvgIpc) is 2.92. The van der Waals surface area contributed by atoms with Gasteiger partial charge in [-0.25, -0.2) is 17.6 Å². The molecule has 4 aromatic rings. The Morgan fingerprint density at radius 1 is 1.00 bits per heavy atom. The summed E-state index contributed by atoms with van der Waals surface area (Å²) in [5.41, 5.74) is 2.35. The molecule has 0 aliphatic heterocycles. The number of hydrogen-bond acceptors (Lipinski definition) is 6. The molecule has 0 fully saturated rings. The highest BCUT2D eigenvalue weighted by Gasteiger charge is 2.36. The van der Waals surface area contributed by atoms with Gasteiger partial charge in [-0.05, 0) is 74.4 Å². The second-order valence-corrected chi connectivity index (χ2v) is 12.2. The van der Waals surface area contributed by atoms with E-state index in [1.807, 2.05) is 12.1 Å². The Morgan fingerprint density at radius 3 is 2.22 bits per heavy atom. The van der Waals surface area contributed by atoms with Crippen molar-refractivity contribution in [1.82, 2.24) is 14.6 Å². The SMILES string of the molecule is CC(C)(C)OC(=O)N(C(=N)NCc1cnc(-c2ccc(Cl)cc2)c(-c2ccc(F)cc2)c1)S(=O)(=O)c1ccccc1. The summed E-state index contributed by atoms with van der Waals surface area (Å²) in [5.74, 6) is -1.09.